The van der Waals surface area contributed by atoms with Crippen molar-refractivity contribution in [3.8, 4) is 23.0 Å². The van der Waals surface area contributed by atoms with Crippen LogP contribution < -0.4 is 4.74 Å². The smallest absolute Gasteiger partial charge is 0.202 e. The molecule has 0 aromatic heterocycles. The predicted molar refractivity (Wildman–Crippen MR) is 122 cm³/mol. The maximum atomic E-state index is 12.8. The summed E-state index contributed by atoms with van der Waals surface area (Å²) in [6.07, 6.45) is 4.05. The molecule has 1 aliphatic heterocycles. The lowest BCUT2D eigenvalue weighted by atomic mass is 9.90. The Kier molecular flexibility index (Phi) is 6.94. The molecule has 32 heavy (non-hydrogen) atoms. The summed E-state index contributed by atoms with van der Waals surface area (Å²) in [4.78, 5) is 12.8. The Morgan fingerprint density at radius 1 is 1.06 bits per heavy atom. The quantitative estimate of drug-likeness (QED) is 0.472. The number of rotatable bonds is 6. The average Bonchev–Trinajstić information content (AvgIpc) is 2.73. The molecule has 6 heteroatoms. The largest absolute Gasteiger partial charge is 0.508 e. The summed E-state index contributed by atoms with van der Waals surface area (Å²) in [6, 6.07) is 6.07. The van der Waals surface area contributed by atoms with E-state index in [9.17, 15) is 25.2 Å². The second-order valence-electron chi connectivity index (χ2n) is 8.55. The zero-order valence-corrected chi connectivity index (χ0v) is 18.8. The highest BCUT2D eigenvalue weighted by atomic mass is 16.5. The first-order valence-corrected chi connectivity index (χ1v) is 10.6. The second-order valence-corrected chi connectivity index (χ2v) is 8.55. The number of carbonyl (C=O) groups excluding carboxylic acids is 1. The number of hydrogen-bond donors (Lipinski definition) is 4. The first-order chi connectivity index (χ1) is 15.1. The monoisotopic (exact) mass is 438 g/mol. The van der Waals surface area contributed by atoms with Crippen LogP contribution in [0.25, 0.3) is 0 Å². The predicted octanol–water partition coefficient (Wildman–Crippen LogP) is 5.02. The van der Waals surface area contributed by atoms with Gasteiger partial charge in [0, 0.05) is 11.6 Å². The van der Waals surface area contributed by atoms with Crippen molar-refractivity contribution in [1.29, 1.82) is 0 Å². The van der Waals surface area contributed by atoms with E-state index in [-0.39, 0.29) is 28.4 Å². The summed E-state index contributed by atoms with van der Waals surface area (Å²) in [5.41, 5.74) is 3.64. The summed E-state index contributed by atoms with van der Waals surface area (Å²) in [5.74, 6) is -1.16. The molecule has 2 aromatic carbocycles. The number of ketones is 1. The van der Waals surface area contributed by atoms with E-state index in [1.165, 1.54) is 30.2 Å². The topological polar surface area (TPSA) is 107 Å². The summed E-state index contributed by atoms with van der Waals surface area (Å²) in [5, 5.41) is 41.2. The van der Waals surface area contributed by atoms with Gasteiger partial charge in [-0.05, 0) is 70.2 Å². The number of benzene rings is 2. The fourth-order valence-electron chi connectivity index (χ4n) is 3.72. The van der Waals surface area contributed by atoms with E-state index in [4.69, 9.17) is 4.74 Å². The molecule has 4 N–H and O–H groups in total. The minimum atomic E-state index is -1.53. The molecule has 0 amide bonds. The fourth-order valence-corrected chi connectivity index (χ4v) is 3.72. The average molecular weight is 439 g/mol. The number of phenols is 3. The number of ether oxygens (including phenoxy) is 1. The SMILES string of the molecule is CC(C)=CCCC(C)=CCc1cc(C2Oc3cc(O)c(C)c(O)c3C(=O)C2O)ccc1O. The van der Waals surface area contributed by atoms with Crippen molar-refractivity contribution in [2.24, 2.45) is 0 Å². The molecule has 170 valence electrons. The van der Waals surface area contributed by atoms with E-state index in [1.807, 2.05) is 6.92 Å². The summed E-state index contributed by atoms with van der Waals surface area (Å²) >= 11 is 0. The van der Waals surface area contributed by atoms with Crippen LogP contribution in [0.5, 0.6) is 23.0 Å². The Balaban J connectivity index is 1.86. The van der Waals surface area contributed by atoms with Crippen molar-refractivity contribution in [1.82, 2.24) is 0 Å². The zero-order chi connectivity index (χ0) is 23.6. The summed E-state index contributed by atoms with van der Waals surface area (Å²) < 4.78 is 5.82. The number of carbonyl (C=O) groups is 1. The molecule has 2 unspecified atom stereocenters. The summed E-state index contributed by atoms with van der Waals surface area (Å²) in [7, 11) is 0. The van der Waals surface area contributed by atoms with Crippen molar-refractivity contribution in [3.05, 3.63) is 69.8 Å². The fraction of sp³-hybridized carbons (Fsp3) is 0.346. The number of hydrogen-bond acceptors (Lipinski definition) is 6. The molecule has 0 saturated carbocycles. The van der Waals surface area contributed by atoms with Gasteiger partial charge in [-0.15, -0.1) is 0 Å². The molecule has 1 heterocycles. The van der Waals surface area contributed by atoms with E-state index < -0.39 is 23.7 Å². The Morgan fingerprint density at radius 3 is 2.47 bits per heavy atom. The third-order valence-electron chi connectivity index (χ3n) is 5.74. The van der Waals surface area contributed by atoms with Gasteiger partial charge in [0.05, 0.1) is 0 Å². The van der Waals surface area contributed by atoms with E-state index in [2.05, 4.69) is 26.0 Å². The van der Waals surface area contributed by atoms with Crippen LogP contribution in [0.3, 0.4) is 0 Å². The van der Waals surface area contributed by atoms with Crippen LogP contribution in [-0.4, -0.2) is 32.3 Å². The van der Waals surface area contributed by atoms with Gasteiger partial charge in [0.15, 0.2) is 12.2 Å². The van der Waals surface area contributed by atoms with Gasteiger partial charge in [-0.2, -0.15) is 0 Å². The van der Waals surface area contributed by atoms with Crippen LogP contribution in [0, 0.1) is 6.92 Å². The van der Waals surface area contributed by atoms with Crippen LogP contribution in [0.1, 0.15) is 66.8 Å². The van der Waals surface area contributed by atoms with Gasteiger partial charge < -0.3 is 25.2 Å². The minimum Gasteiger partial charge on any atom is -0.508 e. The van der Waals surface area contributed by atoms with Crippen molar-refractivity contribution in [2.45, 2.75) is 59.2 Å². The van der Waals surface area contributed by atoms with Crippen LogP contribution in [0.2, 0.25) is 0 Å². The Labute approximate surface area is 188 Å². The number of fused-ring (bicyclic) bond motifs is 1. The van der Waals surface area contributed by atoms with Crippen LogP contribution in [-0.2, 0) is 6.42 Å². The van der Waals surface area contributed by atoms with Crippen molar-refractivity contribution < 1.29 is 30.0 Å². The third-order valence-corrected chi connectivity index (χ3v) is 5.74. The van der Waals surface area contributed by atoms with Gasteiger partial charge in [-0.3, -0.25) is 4.79 Å². The lowest BCUT2D eigenvalue weighted by molar-refractivity contribution is 0.0210. The number of aliphatic hydroxyl groups excluding tert-OH is 1. The molecule has 6 nitrogen and oxygen atoms in total. The lowest BCUT2D eigenvalue weighted by Gasteiger charge is -2.31. The van der Waals surface area contributed by atoms with E-state index in [0.29, 0.717) is 17.5 Å². The van der Waals surface area contributed by atoms with Gasteiger partial charge in [-0.1, -0.05) is 29.4 Å². The minimum absolute atomic E-state index is 0.00976. The van der Waals surface area contributed by atoms with Gasteiger partial charge in [0.25, 0.3) is 0 Å². The highest BCUT2D eigenvalue weighted by Gasteiger charge is 2.40. The van der Waals surface area contributed by atoms with Gasteiger partial charge in [0.1, 0.15) is 28.6 Å². The maximum Gasteiger partial charge on any atom is 0.202 e. The summed E-state index contributed by atoms with van der Waals surface area (Å²) in [6.45, 7) is 7.65. The number of aliphatic hydroxyl groups is 1. The van der Waals surface area contributed by atoms with Crippen molar-refractivity contribution >= 4 is 5.78 Å². The highest BCUT2D eigenvalue weighted by Crippen LogP contribution is 2.44. The molecule has 0 radical (unpaired) electrons. The molecule has 0 bridgehead atoms. The van der Waals surface area contributed by atoms with Crippen LogP contribution >= 0.6 is 0 Å². The number of allylic oxidation sites excluding steroid dienone is 4. The van der Waals surface area contributed by atoms with E-state index in [0.717, 1.165) is 12.8 Å². The first kappa shape index (κ1) is 23.4. The van der Waals surface area contributed by atoms with Gasteiger partial charge in [0.2, 0.25) is 5.78 Å². The van der Waals surface area contributed by atoms with E-state index in [1.54, 1.807) is 12.1 Å². The molecule has 1 aliphatic rings. The lowest BCUT2D eigenvalue weighted by Crippen LogP contribution is -2.36. The molecular weight excluding hydrogens is 408 g/mol. The molecule has 0 spiro atoms. The number of phenolic OH excluding ortho intramolecular Hbond substituents is 3. The normalized spacial score (nSPS) is 18.2. The second kappa shape index (κ2) is 9.49. The van der Waals surface area contributed by atoms with Gasteiger partial charge >= 0.3 is 0 Å². The molecule has 0 fully saturated rings. The standard InChI is InChI=1S/C26H30O6/c1-14(2)6-5-7-15(3)8-9-17-12-18(10-11-19(17)27)26-25(31)24(30)22-21(32-26)13-20(28)16(4)23(22)29/h6,8,10-13,25-29,31H,5,7,9H2,1-4H3. The van der Waals surface area contributed by atoms with Gasteiger partial charge in [-0.25, -0.2) is 0 Å². The van der Waals surface area contributed by atoms with E-state index >= 15 is 0 Å². The molecule has 0 saturated heterocycles. The molecule has 3 rings (SSSR count). The third kappa shape index (κ3) is 4.81. The zero-order valence-electron chi connectivity index (χ0n) is 18.8. The molecule has 2 aromatic rings. The molecule has 2 atom stereocenters. The van der Waals surface area contributed by atoms with Crippen LogP contribution in [0.4, 0.5) is 0 Å². The Bertz CT molecular complexity index is 1090. The number of aromatic hydroxyl groups is 3. The Hall–Kier alpha value is -3.25. The van der Waals surface area contributed by atoms with Crippen molar-refractivity contribution in [3.63, 3.8) is 0 Å². The molecule has 0 aliphatic carbocycles. The molecular formula is C26H30O6. The maximum absolute atomic E-state index is 12.8. The first-order valence-electron chi connectivity index (χ1n) is 10.6. The highest BCUT2D eigenvalue weighted by molar-refractivity contribution is 6.06. The Morgan fingerprint density at radius 2 is 1.78 bits per heavy atom. The van der Waals surface area contributed by atoms with Crippen molar-refractivity contribution in [2.75, 3.05) is 0 Å². The van der Waals surface area contributed by atoms with Crippen LogP contribution in [0.15, 0.2) is 47.6 Å². The number of Topliss-reactive ketones (excluding diaryl/α,β-unsaturated/α-hetero) is 1.